The van der Waals surface area contributed by atoms with Crippen LogP contribution in [-0.4, -0.2) is 11.7 Å². The third kappa shape index (κ3) is 7.07. The van der Waals surface area contributed by atoms with Crippen molar-refractivity contribution in [3.63, 3.8) is 0 Å². The van der Waals surface area contributed by atoms with Gasteiger partial charge in [0.25, 0.3) is 0 Å². The van der Waals surface area contributed by atoms with E-state index in [1.807, 2.05) is 32.9 Å². The van der Waals surface area contributed by atoms with Crippen molar-refractivity contribution < 1.29 is 9.53 Å². The van der Waals surface area contributed by atoms with Crippen molar-refractivity contribution in [3.05, 3.63) is 40.8 Å². The van der Waals surface area contributed by atoms with Crippen LogP contribution in [0.3, 0.4) is 0 Å². The number of benzene rings is 1. The van der Waals surface area contributed by atoms with Gasteiger partial charge in [-0.3, -0.25) is 5.32 Å². The van der Waals surface area contributed by atoms with Gasteiger partial charge < -0.3 is 4.74 Å². The quantitative estimate of drug-likeness (QED) is 0.756. The third-order valence-electron chi connectivity index (χ3n) is 4.46. The van der Waals surface area contributed by atoms with E-state index in [0.29, 0.717) is 11.8 Å². The molecule has 0 aliphatic heterocycles. The van der Waals surface area contributed by atoms with Gasteiger partial charge in [0.15, 0.2) is 0 Å². The predicted octanol–water partition coefficient (Wildman–Crippen LogP) is 5.24. The second-order valence-electron chi connectivity index (χ2n) is 8.02. The number of nitrogens with one attached hydrogen (secondary N) is 1. The van der Waals surface area contributed by atoms with Gasteiger partial charge in [0.2, 0.25) is 0 Å². The molecule has 1 aromatic rings. The maximum absolute atomic E-state index is 12.3. The van der Waals surface area contributed by atoms with Gasteiger partial charge in [0.05, 0.1) is 5.69 Å². The minimum atomic E-state index is -0.533. The summed E-state index contributed by atoms with van der Waals surface area (Å²) in [4.78, 5) is 12.3. The molecule has 3 heteroatoms. The first kappa shape index (κ1) is 22.0. The Morgan fingerprint density at radius 1 is 1.23 bits per heavy atom. The largest absolute Gasteiger partial charge is 0.444 e. The van der Waals surface area contributed by atoms with Crippen LogP contribution in [0.5, 0.6) is 0 Å². The first-order valence-corrected chi connectivity index (χ1v) is 9.58. The Morgan fingerprint density at radius 3 is 2.42 bits per heavy atom. The molecule has 0 spiro atoms. The van der Waals surface area contributed by atoms with Crippen molar-refractivity contribution in [1.29, 1.82) is 0 Å². The van der Waals surface area contributed by atoms with Crippen molar-refractivity contribution in [3.8, 4) is 0 Å². The monoisotopic (exact) mass is 357 g/mol. The maximum atomic E-state index is 12.3. The van der Waals surface area contributed by atoms with Gasteiger partial charge >= 0.3 is 6.09 Å². The number of rotatable bonds is 6. The molecule has 3 nitrogen and oxygen atoms in total. The molecule has 1 N–H and O–H groups in total. The molecule has 0 bridgehead atoms. The van der Waals surface area contributed by atoms with Gasteiger partial charge in [-0.1, -0.05) is 64.5 Å². The number of anilines is 1. The number of allylic oxidation sites excluding steroid dienone is 1. The lowest BCUT2D eigenvalue weighted by molar-refractivity contribution is 0.0636. The smallest absolute Gasteiger partial charge is 0.412 e. The molecule has 0 saturated carbocycles. The summed E-state index contributed by atoms with van der Waals surface area (Å²) in [5.74, 6) is 0.844. The Kier molecular flexibility index (Phi) is 8.13. The van der Waals surface area contributed by atoms with E-state index in [1.165, 1.54) is 0 Å². The number of carbonyl (C=O) groups is 1. The third-order valence-corrected chi connectivity index (χ3v) is 4.46. The number of ether oxygens (including phenoxy) is 1. The summed E-state index contributed by atoms with van der Waals surface area (Å²) >= 11 is 0. The van der Waals surface area contributed by atoms with Crippen LogP contribution in [0.2, 0.25) is 0 Å². The fraction of sp³-hybridized carbons (Fsp3) is 0.522. The van der Waals surface area contributed by atoms with Crippen LogP contribution in [0.15, 0.2) is 30.4 Å². The van der Waals surface area contributed by atoms with E-state index in [4.69, 9.17) is 4.74 Å². The molecule has 0 aliphatic carbocycles. The molecule has 0 aliphatic rings. The van der Waals surface area contributed by atoms with E-state index in [0.717, 1.165) is 34.5 Å². The fourth-order valence-corrected chi connectivity index (χ4v) is 2.43. The highest BCUT2D eigenvalue weighted by Gasteiger charge is 2.16. The van der Waals surface area contributed by atoms with Gasteiger partial charge in [0, 0.05) is 5.22 Å². The molecule has 0 heterocycles. The first-order chi connectivity index (χ1) is 12.1. The van der Waals surface area contributed by atoms with Crippen molar-refractivity contribution in [1.82, 2.24) is 0 Å². The summed E-state index contributed by atoms with van der Waals surface area (Å²) in [7, 11) is 0. The van der Waals surface area contributed by atoms with Crippen LogP contribution < -0.4 is 15.8 Å². The number of carbonyl (C=O) groups excluding carboxylic acids is 1. The van der Waals surface area contributed by atoms with Gasteiger partial charge in [-0.05, 0) is 56.4 Å². The van der Waals surface area contributed by atoms with Crippen molar-refractivity contribution in [2.24, 2.45) is 11.8 Å². The molecule has 1 aromatic carbocycles. The second kappa shape index (κ2) is 9.61. The summed E-state index contributed by atoms with van der Waals surface area (Å²) in [6.07, 6.45) is 5.99. The van der Waals surface area contributed by atoms with Crippen molar-refractivity contribution in [2.45, 2.75) is 66.9 Å². The van der Waals surface area contributed by atoms with E-state index >= 15 is 0 Å². The molecule has 0 saturated heterocycles. The molecule has 0 aromatic heterocycles. The van der Waals surface area contributed by atoms with E-state index in [1.54, 1.807) is 0 Å². The molecular weight excluding hydrogens is 322 g/mol. The number of hydrogen-bond donors (Lipinski definition) is 1. The van der Waals surface area contributed by atoms with E-state index < -0.39 is 11.7 Å². The van der Waals surface area contributed by atoms with Crippen LogP contribution in [0.25, 0.3) is 12.2 Å². The Labute approximate surface area is 158 Å². The lowest BCUT2D eigenvalue weighted by Gasteiger charge is -2.20. The Bertz CT molecular complexity index is 740. The number of hydrogen-bond acceptors (Lipinski definition) is 2. The molecule has 26 heavy (non-hydrogen) atoms. The molecule has 0 radical (unpaired) electrons. The van der Waals surface area contributed by atoms with Crippen LogP contribution in [0.4, 0.5) is 10.5 Å². The topological polar surface area (TPSA) is 38.3 Å². The van der Waals surface area contributed by atoms with Crippen LogP contribution in [-0.2, 0) is 4.74 Å². The zero-order chi connectivity index (χ0) is 19.9. The zero-order valence-electron chi connectivity index (χ0n) is 17.5. The standard InChI is InChI=1S/C23H35NO2/c1-9-16(3)14-19-12-11-13-21(24-22(25)26-23(6,7)8)20(19)15-18(5)17(4)10-2/h11-17H,5,9-10H2,1-4,6-8H3,(H,24,25)/b19-14-,20-15+. The molecule has 2 atom stereocenters. The lowest BCUT2D eigenvalue weighted by Crippen LogP contribution is -2.33. The Hall–Kier alpha value is -2.03. The van der Waals surface area contributed by atoms with E-state index in [-0.39, 0.29) is 0 Å². The van der Waals surface area contributed by atoms with Crippen molar-refractivity contribution in [2.75, 3.05) is 5.32 Å². The minimum absolute atomic E-state index is 0.390. The van der Waals surface area contributed by atoms with Crippen LogP contribution >= 0.6 is 0 Å². The van der Waals surface area contributed by atoms with Gasteiger partial charge in [-0.15, -0.1) is 0 Å². The maximum Gasteiger partial charge on any atom is 0.412 e. The second-order valence-corrected chi connectivity index (χ2v) is 8.02. The first-order valence-electron chi connectivity index (χ1n) is 9.58. The summed E-state index contributed by atoms with van der Waals surface area (Å²) < 4.78 is 5.42. The number of amides is 1. The van der Waals surface area contributed by atoms with Gasteiger partial charge in [-0.25, -0.2) is 4.79 Å². The summed E-state index contributed by atoms with van der Waals surface area (Å²) in [6.45, 7) is 18.5. The Morgan fingerprint density at radius 2 is 1.88 bits per heavy atom. The summed E-state index contributed by atoms with van der Waals surface area (Å²) in [6, 6.07) is 5.96. The molecule has 1 amide bonds. The highest BCUT2D eigenvalue weighted by Crippen LogP contribution is 2.14. The Balaban J connectivity index is 3.44. The SMILES string of the molecule is C=C(/C=c1/c(NC(=O)OC(C)(C)C)ccc/c1=C/C(C)CC)C(C)CC. The molecule has 1 rings (SSSR count). The summed E-state index contributed by atoms with van der Waals surface area (Å²) in [5.41, 5.74) is 1.28. The minimum Gasteiger partial charge on any atom is -0.444 e. The normalized spacial score (nSPS) is 15.5. The van der Waals surface area contributed by atoms with Gasteiger partial charge in [-0.2, -0.15) is 0 Å². The molecule has 144 valence electrons. The van der Waals surface area contributed by atoms with Crippen LogP contribution in [0, 0.1) is 11.8 Å². The average molecular weight is 358 g/mol. The predicted molar refractivity (Wildman–Crippen MR) is 113 cm³/mol. The zero-order valence-corrected chi connectivity index (χ0v) is 17.5. The van der Waals surface area contributed by atoms with Crippen LogP contribution in [0.1, 0.15) is 61.3 Å². The van der Waals surface area contributed by atoms with E-state index in [9.17, 15) is 4.79 Å². The molecular formula is C23H35NO2. The van der Waals surface area contributed by atoms with E-state index in [2.05, 4.69) is 57.8 Å². The highest BCUT2D eigenvalue weighted by atomic mass is 16.6. The van der Waals surface area contributed by atoms with Gasteiger partial charge in [0.1, 0.15) is 5.60 Å². The van der Waals surface area contributed by atoms with Crippen molar-refractivity contribution >= 4 is 23.9 Å². The molecule has 0 fully saturated rings. The summed E-state index contributed by atoms with van der Waals surface area (Å²) in [5, 5.41) is 5.01. The molecule has 2 unspecified atom stereocenters. The average Bonchev–Trinajstić information content (AvgIpc) is 2.54. The highest BCUT2D eigenvalue weighted by molar-refractivity contribution is 5.85. The lowest BCUT2D eigenvalue weighted by atomic mass is 9.97. The fourth-order valence-electron chi connectivity index (χ4n) is 2.43.